The summed E-state index contributed by atoms with van der Waals surface area (Å²) in [4.78, 5) is 4.33. The molecule has 3 aromatic rings. The van der Waals surface area contributed by atoms with Crippen LogP contribution in [-0.4, -0.2) is 23.8 Å². The number of ether oxygens (including phenoxy) is 2. The third-order valence-corrected chi connectivity index (χ3v) is 4.39. The lowest BCUT2D eigenvalue weighted by atomic mass is 10.2. The molecule has 0 radical (unpaired) electrons. The molecule has 6 nitrogen and oxygen atoms in total. The van der Waals surface area contributed by atoms with Gasteiger partial charge in [0.1, 0.15) is 12.4 Å². The molecule has 0 fully saturated rings. The zero-order valence-electron chi connectivity index (χ0n) is 16.0. The molecule has 142 valence electrons. The molecule has 0 aliphatic heterocycles. The molecule has 6 heteroatoms. The molecule has 0 saturated carbocycles. The van der Waals surface area contributed by atoms with Crippen LogP contribution in [-0.2, 0) is 19.6 Å². The van der Waals surface area contributed by atoms with Gasteiger partial charge in [-0.2, -0.15) is 0 Å². The number of nitrogens with zero attached hydrogens (tertiary/aromatic N) is 2. The summed E-state index contributed by atoms with van der Waals surface area (Å²) in [6.07, 6.45) is 2.72. The third kappa shape index (κ3) is 5.08. The van der Waals surface area contributed by atoms with E-state index in [4.69, 9.17) is 14.0 Å². The van der Waals surface area contributed by atoms with Crippen molar-refractivity contribution in [3.05, 3.63) is 70.9 Å². The number of benzene rings is 1. The van der Waals surface area contributed by atoms with Crippen molar-refractivity contribution in [2.75, 3.05) is 13.7 Å². The molecule has 0 saturated heterocycles. The van der Waals surface area contributed by atoms with E-state index in [0.717, 1.165) is 47.8 Å². The molecule has 2 aromatic heterocycles. The SMILES string of the molecule is COc1cc(CNCCc2ccccn2)ccc1OCc1c(C)noc1C. The van der Waals surface area contributed by atoms with Crippen molar-refractivity contribution in [2.45, 2.75) is 33.4 Å². The Hall–Kier alpha value is -2.86. The Bertz CT molecular complexity index is 843. The Morgan fingerprint density at radius 3 is 2.70 bits per heavy atom. The Labute approximate surface area is 159 Å². The van der Waals surface area contributed by atoms with Crippen molar-refractivity contribution in [1.82, 2.24) is 15.5 Å². The van der Waals surface area contributed by atoms with Gasteiger partial charge in [-0.25, -0.2) is 0 Å². The number of hydrogen-bond acceptors (Lipinski definition) is 6. The van der Waals surface area contributed by atoms with Gasteiger partial charge in [-0.1, -0.05) is 17.3 Å². The van der Waals surface area contributed by atoms with E-state index in [2.05, 4.69) is 15.5 Å². The fraction of sp³-hybridized carbons (Fsp3) is 0.333. The minimum Gasteiger partial charge on any atom is -0.493 e. The van der Waals surface area contributed by atoms with Crippen LogP contribution in [0.15, 0.2) is 47.1 Å². The molecular formula is C21H25N3O3. The average Bonchev–Trinajstić information content (AvgIpc) is 3.02. The number of rotatable bonds is 9. The van der Waals surface area contributed by atoms with Crippen molar-refractivity contribution in [3.63, 3.8) is 0 Å². The fourth-order valence-electron chi connectivity index (χ4n) is 2.79. The molecule has 0 amide bonds. The highest BCUT2D eigenvalue weighted by atomic mass is 16.5. The molecule has 0 bridgehead atoms. The first-order valence-corrected chi connectivity index (χ1v) is 8.99. The third-order valence-electron chi connectivity index (χ3n) is 4.39. The second-order valence-electron chi connectivity index (χ2n) is 6.32. The highest BCUT2D eigenvalue weighted by Crippen LogP contribution is 2.29. The summed E-state index contributed by atoms with van der Waals surface area (Å²) in [5.74, 6) is 2.20. The predicted molar refractivity (Wildman–Crippen MR) is 103 cm³/mol. The Morgan fingerprint density at radius 2 is 2.00 bits per heavy atom. The molecule has 0 unspecified atom stereocenters. The first kappa shape index (κ1) is 18.9. The topological polar surface area (TPSA) is 69.4 Å². The van der Waals surface area contributed by atoms with Gasteiger partial charge in [0, 0.05) is 31.4 Å². The first-order chi connectivity index (χ1) is 13.2. The van der Waals surface area contributed by atoms with Gasteiger partial charge in [0.05, 0.1) is 18.4 Å². The first-order valence-electron chi connectivity index (χ1n) is 8.99. The van der Waals surface area contributed by atoms with E-state index in [1.54, 1.807) is 7.11 Å². The lowest BCUT2D eigenvalue weighted by molar-refractivity contribution is 0.281. The van der Waals surface area contributed by atoms with E-state index < -0.39 is 0 Å². The van der Waals surface area contributed by atoms with Crippen LogP contribution in [0.25, 0.3) is 0 Å². The van der Waals surface area contributed by atoms with Crippen molar-refractivity contribution in [3.8, 4) is 11.5 Å². The van der Waals surface area contributed by atoms with Gasteiger partial charge in [0.15, 0.2) is 11.5 Å². The van der Waals surface area contributed by atoms with Crippen molar-refractivity contribution >= 4 is 0 Å². The van der Waals surface area contributed by atoms with E-state index in [1.807, 2.05) is 56.4 Å². The zero-order chi connectivity index (χ0) is 19.1. The molecule has 0 aliphatic carbocycles. The smallest absolute Gasteiger partial charge is 0.161 e. The van der Waals surface area contributed by atoms with Gasteiger partial charge in [-0.05, 0) is 43.7 Å². The number of pyridine rings is 1. The average molecular weight is 367 g/mol. The van der Waals surface area contributed by atoms with E-state index in [0.29, 0.717) is 18.1 Å². The van der Waals surface area contributed by atoms with Gasteiger partial charge in [0.2, 0.25) is 0 Å². The van der Waals surface area contributed by atoms with Crippen LogP contribution in [0.5, 0.6) is 11.5 Å². The molecule has 0 spiro atoms. The highest BCUT2D eigenvalue weighted by Gasteiger charge is 2.12. The van der Waals surface area contributed by atoms with E-state index in [-0.39, 0.29) is 0 Å². The normalized spacial score (nSPS) is 10.8. The van der Waals surface area contributed by atoms with Gasteiger partial charge in [-0.15, -0.1) is 0 Å². The maximum Gasteiger partial charge on any atom is 0.161 e. The predicted octanol–water partition coefficient (Wildman–Crippen LogP) is 3.61. The summed E-state index contributed by atoms with van der Waals surface area (Å²) in [5, 5.41) is 7.38. The van der Waals surface area contributed by atoms with Crippen LogP contribution in [0.2, 0.25) is 0 Å². The molecule has 27 heavy (non-hydrogen) atoms. The van der Waals surface area contributed by atoms with Gasteiger partial charge in [-0.3, -0.25) is 4.98 Å². The largest absolute Gasteiger partial charge is 0.493 e. The van der Waals surface area contributed by atoms with Gasteiger partial charge < -0.3 is 19.3 Å². The quantitative estimate of drug-likeness (QED) is 0.583. The maximum atomic E-state index is 5.92. The summed E-state index contributed by atoms with van der Waals surface area (Å²) in [6.45, 7) is 5.82. The number of aromatic nitrogens is 2. The molecule has 1 N–H and O–H groups in total. The lowest BCUT2D eigenvalue weighted by Gasteiger charge is -2.12. The van der Waals surface area contributed by atoms with Gasteiger partial charge in [0.25, 0.3) is 0 Å². The number of nitrogens with one attached hydrogen (secondary N) is 1. The lowest BCUT2D eigenvalue weighted by Crippen LogP contribution is -2.17. The number of aryl methyl sites for hydroxylation is 2. The standard InChI is InChI=1S/C21H25N3O3/c1-15-19(16(2)27-24-15)14-26-20-8-7-17(12-21(20)25-3)13-22-11-9-18-6-4-5-10-23-18/h4-8,10,12,22H,9,11,13-14H2,1-3H3. The van der Waals surface area contributed by atoms with E-state index in [1.165, 1.54) is 0 Å². The molecular weight excluding hydrogens is 342 g/mol. The summed E-state index contributed by atoms with van der Waals surface area (Å²) >= 11 is 0. The second-order valence-corrected chi connectivity index (χ2v) is 6.32. The second kappa shape index (κ2) is 9.19. The number of hydrogen-bond donors (Lipinski definition) is 1. The minimum atomic E-state index is 0.402. The molecule has 3 rings (SSSR count). The molecule has 0 aliphatic rings. The van der Waals surface area contributed by atoms with E-state index >= 15 is 0 Å². The van der Waals surface area contributed by atoms with Crippen LogP contribution in [0.3, 0.4) is 0 Å². The van der Waals surface area contributed by atoms with Crippen molar-refractivity contribution in [1.29, 1.82) is 0 Å². The summed E-state index contributed by atoms with van der Waals surface area (Å²) < 4.78 is 16.6. The number of methoxy groups -OCH3 is 1. The monoisotopic (exact) mass is 367 g/mol. The fourth-order valence-corrected chi connectivity index (χ4v) is 2.79. The maximum absolute atomic E-state index is 5.92. The van der Waals surface area contributed by atoms with Gasteiger partial charge >= 0.3 is 0 Å². The van der Waals surface area contributed by atoms with E-state index in [9.17, 15) is 0 Å². The molecule has 2 heterocycles. The Kier molecular flexibility index (Phi) is 6.44. The summed E-state index contributed by atoms with van der Waals surface area (Å²) in [7, 11) is 1.65. The van der Waals surface area contributed by atoms with Crippen LogP contribution < -0.4 is 14.8 Å². The van der Waals surface area contributed by atoms with Crippen LogP contribution >= 0.6 is 0 Å². The minimum absolute atomic E-state index is 0.402. The van der Waals surface area contributed by atoms with Crippen LogP contribution in [0.4, 0.5) is 0 Å². The Balaban J connectivity index is 1.54. The zero-order valence-corrected chi connectivity index (χ0v) is 16.0. The van der Waals surface area contributed by atoms with Crippen molar-refractivity contribution in [2.24, 2.45) is 0 Å². The molecule has 1 aromatic carbocycles. The highest BCUT2D eigenvalue weighted by molar-refractivity contribution is 5.43. The Morgan fingerprint density at radius 1 is 1.11 bits per heavy atom. The van der Waals surface area contributed by atoms with Crippen LogP contribution in [0.1, 0.15) is 28.3 Å². The van der Waals surface area contributed by atoms with Crippen LogP contribution in [0, 0.1) is 13.8 Å². The summed E-state index contributed by atoms with van der Waals surface area (Å²) in [5.41, 5.74) is 4.04. The molecule has 0 atom stereocenters. The van der Waals surface area contributed by atoms with Crippen molar-refractivity contribution < 1.29 is 14.0 Å². The summed E-state index contributed by atoms with van der Waals surface area (Å²) in [6, 6.07) is 11.9.